The minimum atomic E-state index is -3.99. The Morgan fingerprint density at radius 1 is 0.463 bits per heavy atom. The zero-order chi connectivity index (χ0) is 28.7. The third-order valence-corrected chi connectivity index (χ3v) is 8.52. The lowest BCUT2D eigenvalue weighted by Gasteiger charge is -2.19. The third-order valence-electron chi connectivity index (χ3n) is 6.77. The van der Waals surface area contributed by atoms with Crippen LogP contribution in [0.25, 0.3) is 11.4 Å². The number of ketones is 4. The van der Waals surface area contributed by atoms with Gasteiger partial charge in [-0.25, -0.2) is 8.42 Å². The summed E-state index contributed by atoms with van der Waals surface area (Å²) in [4.78, 5) is 49.0. The number of hydrogen-bond donors (Lipinski definition) is 2. The van der Waals surface area contributed by atoms with Crippen LogP contribution in [0.3, 0.4) is 0 Å². The average Bonchev–Trinajstić information content (AvgIpc) is 2.99. The number of carbonyl (C=O) groups is 4. The molecule has 0 aliphatic heterocycles. The molecule has 0 atom stereocenters. The number of Topliss-reactive ketones (excluding diaryl/α,β-unsaturated/α-hetero) is 2. The molecule has 41 heavy (non-hydrogen) atoms. The highest BCUT2D eigenvalue weighted by Gasteiger charge is 2.27. The van der Waals surface area contributed by atoms with Gasteiger partial charge in [0, 0.05) is 45.8 Å². The predicted molar refractivity (Wildman–Crippen MR) is 153 cm³/mol. The Morgan fingerprint density at radius 3 is 1.27 bits per heavy atom. The summed E-state index contributed by atoms with van der Waals surface area (Å²) in [7, 11) is -3.99. The monoisotopic (exact) mass is 560 g/mol. The van der Waals surface area contributed by atoms with Crippen LogP contribution in [0.15, 0.2) is 119 Å². The lowest BCUT2D eigenvalue weighted by molar-refractivity contribution is -0.111. The average molecular weight is 561 g/mol. The summed E-state index contributed by atoms with van der Waals surface area (Å²) in [6.45, 7) is 0. The van der Waals surface area contributed by atoms with Gasteiger partial charge < -0.3 is 10.6 Å². The zero-order valence-corrected chi connectivity index (χ0v) is 22.1. The van der Waals surface area contributed by atoms with Crippen molar-refractivity contribution in [3.63, 3.8) is 0 Å². The fourth-order valence-corrected chi connectivity index (χ4v) is 6.13. The highest BCUT2D eigenvalue weighted by molar-refractivity contribution is 7.91. The van der Waals surface area contributed by atoms with Crippen LogP contribution in [0.1, 0.15) is 31.8 Å². The Morgan fingerprint density at radius 2 is 0.854 bits per heavy atom. The van der Waals surface area contributed by atoms with E-state index in [1.807, 2.05) is 0 Å². The molecule has 2 N–H and O–H groups in total. The summed E-state index contributed by atoms with van der Waals surface area (Å²) in [6, 6.07) is 25.7. The van der Waals surface area contributed by atoms with Crippen LogP contribution in [0.5, 0.6) is 0 Å². The summed E-state index contributed by atoms with van der Waals surface area (Å²) in [5, 5.41) is 6.16. The number of benzene rings is 4. The Hall–Kier alpha value is -5.41. The third kappa shape index (κ3) is 4.68. The number of fused-ring (bicyclic) bond motifs is 2. The van der Waals surface area contributed by atoms with Crippen LogP contribution in [0.2, 0.25) is 0 Å². The second-order valence-corrected chi connectivity index (χ2v) is 11.4. The van der Waals surface area contributed by atoms with Gasteiger partial charge in [0.2, 0.25) is 33.0 Å². The van der Waals surface area contributed by atoms with Crippen LogP contribution in [0, 0.1) is 0 Å². The van der Waals surface area contributed by atoms with E-state index in [1.54, 1.807) is 72.8 Å². The number of anilines is 2. The van der Waals surface area contributed by atoms with Crippen molar-refractivity contribution in [1.82, 2.24) is 0 Å². The lowest BCUT2D eigenvalue weighted by atomic mass is 9.92. The molecule has 0 unspecified atom stereocenters. The molecular formula is C32H20N2O6S. The van der Waals surface area contributed by atoms with E-state index < -0.39 is 33.0 Å². The minimum Gasteiger partial charge on any atom is -0.355 e. The second-order valence-electron chi connectivity index (χ2n) is 9.40. The molecule has 0 heterocycles. The Labute approximate surface area is 235 Å². The molecule has 0 aromatic heterocycles. The van der Waals surface area contributed by atoms with Gasteiger partial charge in [0.25, 0.3) is 0 Å². The lowest BCUT2D eigenvalue weighted by Crippen LogP contribution is -2.21. The smallest absolute Gasteiger partial charge is 0.233 e. The molecule has 0 saturated heterocycles. The van der Waals surface area contributed by atoms with E-state index >= 15 is 0 Å². The van der Waals surface area contributed by atoms with Gasteiger partial charge in [0.1, 0.15) is 0 Å². The molecule has 9 heteroatoms. The van der Waals surface area contributed by atoms with E-state index in [0.717, 1.165) is 0 Å². The molecule has 0 amide bonds. The predicted octanol–water partition coefficient (Wildman–Crippen LogP) is 4.96. The molecule has 2 aliphatic rings. The summed E-state index contributed by atoms with van der Waals surface area (Å²) >= 11 is 0. The maximum Gasteiger partial charge on any atom is 0.233 e. The molecule has 0 saturated carbocycles. The maximum atomic E-state index is 13.6. The molecule has 8 nitrogen and oxygen atoms in total. The summed E-state index contributed by atoms with van der Waals surface area (Å²) in [6.07, 6.45) is 2.41. The van der Waals surface area contributed by atoms with Crippen LogP contribution in [-0.2, 0) is 19.4 Å². The first-order valence-corrected chi connectivity index (χ1v) is 14.0. The van der Waals surface area contributed by atoms with Crippen LogP contribution in [0.4, 0.5) is 11.4 Å². The van der Waals surface area contributed by atoms with E-state index in [-0.39, 0.29) is 20.9 Å². The largest absolute Gasteiger partial charge is 0.355 e. The summed E-state index contributed by atoms with van der Waals surface area (Å²) < 4.78 is 27.3. The van der Waals surface area contributed by atoms with Crippen molar-refractivity contribution in [3.8, 4) is 0 Å². The van der Waals surface area contributed by atoms with E-state index in [9.17, 15) is 27.6 Å². The molecule has 6 rings (SSSR count). The van der Waals surface area contributed by atoms with Crippen LogP contribution >= 0.6 is 0 Å². The van der Waals surface area contributed by atoms with Gasteiger partial charge in [-0.1, -0.05) is 60.7 Å². The number of nitrogens with one attached hydrogen (secondary N) is 2. The van der Waals surface area contributed by atoms with Gasteiger partial charge in [-0.3, -0.25) is 19.2 Å². The number of rotatable bonds is 6. The van der Waals surface area contributed by atoms with Crippen LogP contribution in [-0.4, -0.2) is 31.6 Å². The van der Waals surface area contributed by atoms with Crippen molar-refractivity contribution >= 4 is 55.7 Å². The number of allylic oxidation sites excluding steroid dienone is 2. The van der Waals surface area contributed by atoms with Crippen molar-refractivity contribution in [2.75, 3.05) is 10.6 Å². The number of sulfone groups is 1. The topological polar surface area (TPSA) is 126 Å². The fraction of sp³-hybridized carbons (Fsp3) is 0. The Bertz CT molecular complexity index is 1850. The molecular weight excluding hydrogens is 540 g/mol. The molecule has 200 valence electrons. The van der Waals surface area contributed by atoms with Crippen LogP contribution < -0.4 is 10.6 Å². The van der Waals surface area contributed by atoms with E-state index in [2.05, 4.69) is 10.6 Å². The van der Waals surface area contributed by atoms with Crippen molar-refractivity contribution in [3.05, 3.63) is 131 Å². The van der Waals surface area contributed by atoms with Crippen molar-refractivity contribution in [1.29, 1.82) is 0 Å². The van der Waals surface area contributed by atoms with E-state index in [1.165, 1.54) is 36.4 Å². The summed E-state index contributed by atoms with van der Waals surface area (Å²) in [5.41, 5.74) is 3.24. The van der Waals surface area contributed by atoms with E-state index in [4.69, 9.17) is 0 Å². The standard InChI is InChI=1S/C32H20N2O6S/c35-29-17-27(23-11-1-3-13-25(23)31(29)37)33-19-7-5-9-21(15-19)41(39,40)22-10-6-8-20(16-22)34-28-18-30(36)32(38)26-14-4-2-12-24(26)28/h1-18,33-34H. The second kappa shape index (κ2) is 9.96. The van der Waals surface area contributed by atoms with Gasteiger partial charge >= 0.3 is 0 Å². The first-order valence-electron chi connectivity index (χ1n) is 12.5. The van der Waals surface area contributed by atoms with Gasteiger partial charge in [-0.2, -0.15) is 0 Å². The van der Waals surface area contributed by atoms with Gasteiger partial charge in [0.15, 0.2) is 0 Å². The Balaban J connectivity index is 1.29. The molecule has 0 radical (unpaired) electrons. The van der Waals surface area contributed by atoms with E-state index in [0.29, 0.717) is 33.9 Å². The van der Waals surface area contributed by atoms with Crippen molar-refractivity contribution in [2.45, 2.75) is 9.79 Å². The van der Waals surface area contributed by atoms with Gasteiger partial charge in [-0.05, 0) is 36.4 Å². The number of carbonyl (C=O) groups excluding carboxylic acids is 4. The molecule has 0 fully saturated rings. The molecule has 4 aromatic rings. The molecule has 2 aliphatic carbocycles. The first kappa shape index (κ1) is 25.8. The fourth-order valence-electron chi connectivity index (χ4n) is 4.78. The van der Waals surface area contributed by atoms with Gasteiger partial charge in [-0.15, -0.1) is 0 Å². The molecule has 0 bridgehead atoms. The zero-order valence-electron chi connectivity index (χ0n) is 21.3. The summed E-state index contributed by atoms with van der Waals surface area (Å²) in [5.74, 6) is -2.53. The molecule has 0 spiro atoms. The minimum absolute atomic E-state index is 0.00903. The SMILES string of the molecule is O=C1C=C(Nc2cccc(S(=O)(=O)c3cccc(NC4=CC(=O)C(=O)c5ccccc54)c3)c2)c2ccccc2C1=O. The maximum absolute atomic E-state index is 13.6. The quantitative estimate of drug-likeness (QED) is 0.317. The number of hydrogen-bond acceptors (Lipinski definition) is 8. The highest BCUT2D eigenvalue weighted by Crippen LogP contribution is 2.31. The normalized spacial score (nSPS) is 14.5. The van der Waals surface area contributed by atoms with Crippen molar-refractivity contribution in [2.24, 2.45) is 0 Å². The highest BCUT2D eigenvalue weighted by atomic mass is 32.2. The first-order chi connectivity index (χ1) is 19.7. The molecule has 4 aromatic carbocycles. The van der Waals surface area contributed by atoms with Gasteiger partial charge in [0.05, 0.1) is 21.2 Å². The Kier molecular flexibility index (Phi) is 6.28. The van der Waals surface area contributed by atoms with Crippen molar-refractivity contribution < 1.29 is 27.6 Å².